The van der Waals surface area contributed by atoms with Gasteiger partial charge in [0.25, 0.3) is 5.91 Å². The number of primary amides is 1. The van der Waals surface area contributed by atoms with Crippen LogP contribution in [-0.4, -0.2) is 62.6 Å². The highest BCUT2D eigenvalue weighted by atomic mass is 16.6. The average Bonchev–Trinajstić information content (AvgIpc) is 3.30. The van der Waals surface area contributed by atoms with Gasteiger partial charge in [-0.25, -0.2) is 14.8 Å². The lowest BCUT2D eigenvalue weighted by atomic mass is 9.84. The van der Waals surface area contributed by atoms with Crippen molar-refractivity contribution in [1.82, 2.24) is 19.9 Å². The minimum absolute atomic E-state index is 0.254. The van der Waals surface area contributed by atoms with Crippen molar-refractivity contribution in [2.24, 2.45) is 5.73 Å². The second kappa shape index (κ2) is 6.60. The molecular weight excluding hydrogens is 372 g/mol. The number of nitrogens with one attached hydrogen (secondary N) is 1. The van der Waals surface area contributed by atoms with E-state index in [-0.39, 0.29) is 5.54 Å². The van der Waals surface area contributed by atoms with Gasteiger partial charge >= 0.3 is 6.09 Å². The van der Waals surface area contributed by atoms with Crippen LogP contribution < -0.4 is 10.6 Å². The van der Waals surface area contributed by atoms with Crippen LogP contribution in [-0.2, 0) is 9.53 Å². The van der Waals surface area contributed by atoms with Crippen LogP contribution in [0.25, 0.3) is 11.0 Å². The summed E-state index contributed by atoms with van der Waals surface area (Å²) in [4.78, 5) is 41.1. The molecule has 29 heavy (non-hydrogen) atoms. The van der Waals surface area contributed by atoms with Crippen LogP contribution in [0.15, 0.2) is 18.6 Å². The average molecular weight is 398 g/mol. The van der Waals surface area contributed by atoms with Crippen LogP contribution >= 0.6 is 0 Å². The maximum absolute atomic E-state index is 13.1. The molecule has 0 radical (unpaired) electrons. The normalized spacial score (nSPS) is 22.6. The van der Waals surface area contributed by atoms with E-state index in [9.17, 15) is 9.59 Å². The van der Waals surface area contributed by atoms with E-state index in [2.05, 4.69) is 19.9 Å². The van der Waals surface area contributed by atoms with Gasteiger partial charge in [0.15, 0.2) is 5.60 Å². The topological polar surface area (TPSA) is 117 Å². The fourth-order valence-electron chi connectivity index (χ4n) is 4.87. The number of nitrogens with zero attached hydrogens (tertiary/aromatic N) is 4. The fraction of sp³-hybridized carbons (Fsp3) is 0.600. The first-order valence-electron chi connectivity index (χ1n) is 10.4. The van der Waals surface area contributed by atoms with E-state index in [1.807, 2.05) is 17.2 Å². The number of carbonyl (C=O) groups excluding carboxylic acids is 2. The molecule has 0 unspecified atom stereocenters. The SMILES string of the molecule is NC(=O)C1(OC(=O)N2CCN(c3ncnc4[nH]ccc34)CC23CC3)CCCCC1. The van der Waals surface area contributed by atoms with Crippen LogP contribution in [0.1, 0.15) is 44.9 Å². The number of rotatable bonds is 3. The molecule has 3 heterocycles. The zero-order valence-corrected chi connectivity index (χ0v) is 16.4. The summed E-state index contributed by atoms with van der Waals surface area (Å²) < 4.78 is 5.82. The number of aromatic amines is 1. The number of nitrogens with two attached hydrogens (primary N) is 1. The van der Waals surface area contributed by atoms with E-state index in [0.29, 0.717) is 32.5 Å². The molecule has 2 amide bonds. The molecular formula is C20H26N6O3. The van der Waals surface area contributed by atoms with Crippen LogP contribution in [0.2, 0.25) is 0 Å². The van der Waals surface area contributed by atoms with E-state index in [1.165, 1.54) is 0 Å². The van der Waals surface area contributed by atoms with Gasteiger partial charge in [-0.15, -0.1) is 0 Å². The first-order valence-corrected chi connectivity index (χ1v) is 10.4. The van der Waals surface area contributed by atoms with Gasteiger partial charge in [0, 0.05) is 25.8 Å². The number of anilines is 1. The number of hydrogen-bond donors (Lipinski definition) is 2. The Morgan fingerprint density at radius 3 is 2.62 bits per heavy atom. The first kappa shape index (κ1) is 18.2. The van der Waals surface area contributed by atoms with E-state index in [1.54, 1.807) is 6.33 Å². The Labute approximate surface area is 168 Å². The minimum Gasteiger partial charge on any atom is -0.433 e. The Morgan fingerprint density at radius 2 is 1.90 bits per heavy atom. The predicted molar refractivity (Wildman–Crippen MR) is 106 cm³/mol. The fourth-order valence-corrected chi connectivity index (χ4v) is 4.87. The number of carbonyl (C=O) groups is 2. The third kappa shape index (κ3) is 2.99. The number of aromatic nitrogens is 3. The molecule has 9 nitrogen and oxygen atoms in total. The molecule has 0 atom stereocenters. The Balaban J connectivity index is 1.34. The molecule has 0 aromatic carbocycles. The Morgan fingerprint density at radius 1 is 1.10 bits per heavy atom. The van der Waals surface area contributed by atoms with Gasteiger partial charge in [0.1, 0.15) is 17.8 Å². The third-order valence-corrected chi connectivity index (χ3v) is 6.72. The maximum atomic E-state index is 13.1. The van der Waals surface area contributed by atoms with Crippen LogP contribution in [0.5, 0.6) is 0 Å². The second-order valence-corrected chi connectivity index (χ2v) is 8.52. The summed E-state index contributed by atoms with van der Waals surface area (Å²) in [5, 5.41) is 0.981. The molecule has 0 bridgehead atoms. The molecule has 2 aliphatic carbocycles. The minimum atomic E-state index is -1.15. The van der Waals surface area contributed by atoms with E-state index < -0.39 is 17.6 Å². The molecule has 1 spiro atoms. The first-order chi connectivity index (χ1) is 14.0. The number of piperazine rings is 1. The van der Waals surface area contributed by atoms with Gasteiger partial charge in [-0.1, -0.05) is 6.42 Å². The summed E-state index contributed by atoms with van der Waals surface area (Å²) in [6.45, 7) is 1.88. The predicted octanol–water partition coefficient (Wildman–Crippen LogP) is 1.94. The lowest BCUT2D eigenvalue weighted by Crippen LogP contribution is -2.60. The van der Waals surface area contributed by atoms with Gasteiger partial charge in [0.05, 0.1) is 10.9 Å². The van der Waals surface area contributed by atoms with E-state index in [0.717, 1.165) is 49.0 Å². The summed E-state index contributed by atoms with van der Waals surface area (Å²) in [5.41, 5.74) is 5.05. The molecule has 2 aromatic heterocycles. The Hall–Kier alpha value is -2.84. The zero-order valence-electron chi connectivity index (χ0n) is 16.4. The van der Waals surface area contributed by atoms with E-state index >= 15 is 0 Å². The molecule has 5 rings (SSSR count). The van der Waals surface area contributed by atoms with Crippen LogP contribution in [0, 0.1) is 0 Å². The van der Waals surface area contributed by atoms with Crippen molar-refractivity contribution >= 4 is 28.9 Å². The lowest BCUT2D eigenvalue weighted by molar-refractivity contribution is -0.141. The van der Waals surface area contributed by atoms with Crippen molar-refractivity contribution in [1.29, 1.82) is 0 Å². The standard InChI is InChI=1S/C20H26N6O3/c21-17(27)20(5-2-1-3-6-20)29-18(28)26-11-10-25(12-19(26)7-8-19)16-14-4-9-22-15(14)23-13-24-16/h4,9,13H,1-3,5-8,10-12H2,(H2,21,27)(H,22,23,24). The molecule has 2 aromatic rings. The monoisotopic (exact) mass is 398 g/mol. The van der Waals surface area contributed by atoms with E-state index in [4.69, 9.17) is 10.5 Å². The van der Waals surface area contributed by atoms with Crippen LogP contribution in [0.4, 0.5) is 10.6 Å². The molecule has 1 saturated heterocycles. The smallest absolute Gasteiger partial charge is 0.411 e. The van der Waals surface area contributed by atoms with Gasteiger partial charge in [-0.05, 0) is 44.6 Å². The highest BCUT2D eigenvalue weighted by molar-refractivity contribution is 5.88. The van der Waals surface area contributed by atoms with Gasteiger partial charge < -0.3 is 20.4 Å². The Kier molecular flexibility index (Phi) is 4.15. The Bertz CT molecular complexity index is 947. The number of H-pyrrole nitrogens is 1. The second-order valence-electron chi connectivity index (χ2n) is 8.52. The maximum Gasteiger partial charge on any atom is 0.411 e. The van der Waals surface area contributed by atoms with Crippen molar-refractivity contribution in [2.75, 3.05) is 24.5 Å². The molecule has 154 valence electrons. The zero-order chi connectivity index (χ0) is 20.1. The summed E-state index contributed by atoms with van der Waals surface area (Å²) in [6.07, 6.45) is 8.66. The molecule has 9 heteroatoms. The van der Waals surface area contributed by atoms with Crippen molar-refractivity contribution in [2.45, 2.75) is 56.1 Å². The largest absolute Gasteiger partial charge is 0.433 e. The molecule has 3 fully saturated rings. The highest BCUT2D eigenvalue weighted by Crippen LogP contribution is 2.46. The number of ether oxygens (including phenoxy) is 1. The third-order valence-electron chi connectivity index (χ3n) is 6.72. The van der Waals surface area contributed by atoms with Crippen molar-refractivity contribution in [3.05, 3.63) is 18.6 Å². The number of fused-ring (bicyclic) bond motifs is 1. The quantitative estimate of drug-likeness (QED) is 0.816. The van der Waals surface area contributed by atoms with Gasteiger partial charge in [0.2, 0.25) is 0 Å². The summed E-state index contributed by atoms with van der Waals surface area (Å²) in [6, 6.07) is 1.98. The number of hydrogen-bond acceptors (Lipinski definition) is 6. The highest BCUT2D eigenvalue weighted by Gasteiger charge is 2.55. The summed E-state index contributed by atoms with van der Waals surface area (Å²) in [5.74, 6) is 0.362. The van der Waals surface area contributed by atoms with Crippen molar-refractivity contribution < 1.29 is 14.3 Å². The number of amides is 2. The molecule has 1 aliphatic heterocycles. The van der Waals surface area contributed by atoms with Crippen molar-refractivity contribution in [3.63, 3.8) is 0 Å². The van der Waals surface area contributed by atoms with Gasteiger partial charge in [-0.2, -0.15) is 0 Å². The summed E-state index contributed by atoms with van der Waals surface area (Å²) in [7, 11) is 0. The van der Waals surface area contributed by atoms with Crippen molar-refractivity contribution in [3.8, 4) is 0 Å². The summed E-state index contributed by atoms with van der Waals surface area (Å²) >= 11 is 0. The molecule has 3 aliphatic rings. The molecule has 3 N–H and O–H groups in total. The lowest BCUT2D eigenvalue weighted by Gasteiger charge is -2.44. The van der Waals surface area contributed by atoms with Crippen LogP contribution in [0.3, 0.4) is 0 Å². The molecule has 2 saturated carbocycles. The van der Waals surface area contributed by atoms with Gasteiger partial charge in [-0.3, -0.25) is 9.69 Å².